The van der Waals surface area contributed by atoms with E-state index in [1.54, 1.807) is 0 Å². The molecule has 2 aromatic carbocycles. The normalized spacial score (nSPS) is 15.5. The summed E-state index contributed by atoms with van der Waals surface area (Å²) in [5.41, 5.74) is 10.1. The first kappa shape index (κ1) is 24.6. The number of carbonyl (C=O) groups excluding carboxylic acids is 3. The van der Waals surface area contributed by atoms with Crippen LogP contribution in [0.1, 0.15) is 40.7 Å². The van der Waals surface area contributed by atoms with Crippen LogP contribution in [0.5, 0.6) is 0 Å². The van der Waals surface area contributed by atoms with Crippen molar-refractivity contribution in [2.45, 2.75) is 44.3 Å². The molecule has 37 heavy (non-hydrogen) atoms. The summed E-state index contributed by atoms with van der Waals surface area (Å²) >= 11 is 0. The Morgan fingerprint density at radius 3 is 2.46 bits per heavy atom. The Bertz CT molecular complexity index is 1420. The van der Waals surface area contributed by atoms with Gasteiger partial charge in [-0.2, -0.15) is 0 Å². The Morgan fingerprint density at radius 2 is 1.68 bits per heavy atom. The smallest absolute Gasteiger partial charge is 0.254 e. The van der Waals surface area contributed by atoms with Crippen molar-refractivity contribution in [3.8, 4) is 0 Å². The number of primary amides is 1. The van der Waals surface area contributed by atoms with Gasteiger partial charge in [-0.05, 0) is 55.0 Å². The van der Waals surface area contributed by atoms with Crippen LogP contribution in [0.25, 0.3) is 21.8 Å². The minimum Gasteiger partial charge on any atom is -0.368 e. The van der Waals surface area contributed by atoms with E-state index in [2.05, 4.69) is 20.6 Å². The number of nitrogens with two attached hydrogens (primary N) is 1. The lowest BCUT2D eigenvalue weighted by Gasteiger charge is -2.27. The summed E-state index contributed by atoms with van der Waals surface area (Å²) in [6, 6.07) is 12.8. The number of piperidine rings is 1. The number of hydrogen-bond acceptors (Lipinski definition) is 4. The Morgan fingerprint density at radius 1 is 0.946 bits per heavy atom. The highest BCUT2D eigenvalue weighted by Gasteiger charge is 2.26. The number of aromatic nitrogens is 2. The van der Waals surface area contributed by atoms with Crippen molar-refractivity contribution < 1.29 is 14.4 Å². The van der Waals surface area contributed by atoms with E-state index in [4.69, 9.17) is 5.73 Å². The molecule has 0 saturated carbocycles. The Labute approximate surface area is 214 Å². The molecule has 2 atom stereocenters. The van der Waals surface area contributed by atoms with Crippen LogP contribution in [0.3, 0.4) is 0 Å². The molecule has 0 bridgehead atoms. The number of hydrogen-bond donors (Lipinski definition) is 5. The number of para-hydroxylation sites is 1. The van der Waals surface area contributed by atoms with Gasteiger partial charge in [0.05, 0.1) is 12.2 Å². The summed E-state index contributed by atoms with van der Waals surface area (Å²) < 4.78 is 0. The maximum Gasteiger partial charge on any atom is 0.254 e. The largest absolute Gasteiger partial charge is 0.368 e. The third-order valence-electron chi connectivity index (χ3n) is 7.20. The maximum absolute atomic E-state index is 13.4. The number of likely N-dealkylation sites (tertiary alicyclic amines) is 1. The van der Waals surface area contributed by atoms with E-state index in [1.807, 2.05) is 59.8 Å². The summed E-state index contributed by atoms with van der Waals surface area (Å²) in [5.74, 6) is -0.527. The highest BCUT2D eigenvalue weighted by atomic mass is 16.2. The van der Waals surface area contributed by atoms with Gasteiger partial charge in [0.1, 0.15) is 0 Å². The van der Waals surface area contributed by atoms with Crippen molar-refractivity contribution >= 4 is 40.0 Å². The molecule has 3 heterocycles. The van der Waals surface area contributed by atoms with Crippen molar-refractivity contribution in [1.29, 1.82) is 0 Å². The minimum atomic E-state index is -0.764. The molecule has 5 rings (SSSR count). The molecule has 192 valence electrons. The molecule has 9 nitrogen and oxygen atoms in total. The predicted molar refractivity (Wildman–Crippen MR) is 143 cm³/mol. The Balaban J connectivity index is 1.39. The van der Waals surface area contributed by atoms with E-state index < -0.39 is 18.1 Å². The fourth-order valence-corrected chi connectivity index (χ4v) is 5.34. The van der Waals surface area contributed by atoms with Crippen LogP contribution in [0.2, 0.25) is 0 Å². The minimum absolute atomic E-state index is 0.00886. The zero-order valence-corrected chi connectivity index (χ0v) is 20.6. The first-order chi connectivity index (χ1) is 18.0. The molecular formula is C28H32N6O3. The number of fused-ring (bicyclic) bond motifs is 2. The SMILES string of the molecule is NC(=O)[C@@H](Cc1c[nH]c2cccc(C(=O)N3CCCCC3)c12)N[C@@H](Cc1c[nH]c2ccccc12)NC=O. The fraction of sp³-hybridized carbons (Fsp3) is 0.321. The lowest BCUT2D eigenvalue weighted by Crippen LogP contribution is -2.53. The topological polar surface area (TPSA) is 136 Å². The molecule has 0 unspecified atom stereocenters. The molecule has 4 aromatic rings. The Kier molecular flexibility index (Phi) is 7.23. The number of nitrogens with one attached hydrogen (secondary N) is 4. The molecule has 0 spiro atoms. The van der Waals surface area contributed by atoms with Crippen LogP contribution in [0.15, 0.2) is 54.9 Å². The van der Waals surface area contributed by atoms with Crippen molar-refractivity contribution in [2.24, 2.45) is 5.73 Å². The number of rotatable bonds is 10. The molecule has 3 amide bonds. The number of nitrogens with zero attached hydrogens (tertiary/aromatic N) is 1. The van der Waals surface area contributed by atoms with Gasteiger partial charge in [-0.25, -0.2) is 0 Å². The molecule has 2 aromatic heterocycles. The van der Waals surface area contributed by atoms with Crippen LogP contribution < -0.4 is 16.4 Å². The van der Waals surface area contributed by atoms with Crippen LogP contribution in [0, 0.1) is 0 Å². The molecule has 1 aliphatic rings. The van der Waals surface area contributed by atoms with Crippen LogP contribution in [-0.2, 0) is 22.4 Å². The summed E-state index contributed by atoms with van der Waals surface area (Å²) in [6.45, 7) is 1.51. The van der Waals surface area contributed by atoms with E-state index in [0.717, 1.165) is 65.3 Å². The average Bonchev–Trinajstić information content (AvgIpc) is 3.52. The lowest BCUT2D eigenvalue weighted by atomic mass is 9.98. The lowest BCUT2D eigenvalue weighted by molar-refractivity contribution is -0.120. The molecular weight excluding hydrogens is 468 g/mol. The molecule has 0 aliphatic carbocycles. The van der Waals surface area contributed by atoms with Gasteiger partial charge in [-0.15, -0.1) is 0 Å². The van der Waals surface area contributed by atoms with Gasteiger partial charge in [0, 0.05) is 59.3 Å². The maximum atomic E-state index is 13.4. The van der Waals surface area contributed by atoms with Crippen molar-refractivity contribution in [2.75, 3.05) is 13.1 Å². The second-order valence-corrected chi connectivity index (χ2v) is 9.62. The molecule has 1 fully saturated rings. The highest BCUT2D eigenvalue weighted by molar-refractivity contribution is 6.07. The molecule has 0 radical (unpaired) electrons. The van der Waals surface area contributed by atoms with E-state index in [9.17, 15) is 14.4 Å². The molecule has 6 N–H and O–H groups in total. The zero-order valence-electron chi connectivity index (χ0n) is 20.6. The van der Waals surface area contributed by atoms with Gasteiger partial charge >= 0.3 is 0 Å². The Hall–Kier alpha value is -4.11. The third-order valence-corrected chi connectivity index (χ3v) is 7.20. The van der Waals surface area contributed by atoms with E-state index in [1.165, 1.54) is 0 Å². The molecule has 1 aliphatic heterocycles. The monoisotopic (exact) mass is 500 g/mol. The second-order valence-electron chi connectivity index (χ2n) is 9.62. The number of H-pyrrole nitrogens is 2. The standard InChI is InChI=1S/C28H32N6O3/c29-27(36)24(33-25(32-17-35)14-18-15-30-22-9-3-2-7-20(18)22)13-19-16-31-23-10-6-8-21(26(19)23)28(37)34-11-4-1-5-12-34/h2-3,6-10,15-17,24-25,30-31,33H,1,4-5,11-14H2,(H2,29,36)(H,32,35)/t24-,25+/m1/s1. The summed E-state index contributed by atoms with van der Waals surface area (Å²) in [6.07, 6.45) is 7.72. The predicted octanol–water partition coefficient (Wildman–Crippen LogP) is 2.58. The first-order valence-corrected chi connectivity index (χ1v) is 12.7. The summed E-state index contributed by atoms with van der Waals surface area (Å²) in [5, 5.41) is 7.87. The van der Waals surface area contributed by atoms with E-state index in [-0.39, 0.29) is 12.3 Å². The van der Waals surface area contributed by atoms with Crippen molar-refractivity contribution in [1.82, 2.24) is 25.5 Å². The summed E-state index contributed by atoms with van der Waals surface area (Å²) in [7, 11) is 0. The number of benzene rings is 2. The van der Waals surface area contributed by atoms with Crippen LogP contribution >= 0.6 is 0 Å². The first-order valence-electron chi connectivity index (χ1n) is 12.7. The number of amides is 3. The van der Waals surface area contributed by atoms with Crippen molar-refractivity contribution in [3.05, 3.63) is 71.5 Å². The number of carbonyl (C=O) groups is 3. The number of aromatic amines is 2. The van der Waals surface area contributed by atoms with E-state index >= 15 is 0 Å². The average molecular weight is 501 g/mol. The zero-order chi connectivity index (χ0) is 25.8. The highest BCUT2D eigenvalue weighted by Crippen LogP contribution is 2.26. The molecule has 9 heteroatoms. The van der Waals surface area contributed by atoms with Gasteiger partial charge < -0.3 is 25.9 Å². The quantitative estimate of drug-likeness (QED) is 0.169. The second kappa shape index (κ2) is 10.9. The van der Waals surface area contributed by atoms with Gasteiger partial charge in [-0.1, -0.05) is 24.3 Å². The van der Waals surface area contributed by atoms with Gasteiger partial charge in [0.2, 0.25) is 12.3 Å². The van der Waals surface area contributed by atoms with Gasteiger partial charge in [0.15, 0.2) is 0 Å². The van der Waals surface area contributed by atoms with Crippen LogP contribution in [0.4, 0.5) is 0 Å². The van der Waals surface area contributed by atoms with Crippen molar-refractivity contribution in [3.63, 3.8) is 0 Å². The third kappa shape index (κ3) is 5.22. The van der Waals surface area contributed by atoms with E-state index in [0.29, 0.717) is 18.4 Å². The van der Waals surface area contributed by atoms with Gasteiger partial charge in [0.25, 0.3) is 5.91 Å². The van der Waals surface area contributed by atoms with Crippen LogP contribution in [-0.4, -0.2) is 58.4 Å². The van der Waals surface area contributed by atoms with Gasteiger partial charge in [-0.3, -0.25) is 19.7 Å². The summed E-state index contributed by atoms with van der Waals surface area (Å²) in [4.78, 5) is 45.7. The fourth-order valence-electron chi connectivity index (χ4n) is 5.34. The molecule has 1 saturated heterocycles.